The molecule has 0 saturated carbocycles. The monoisotopic (exact) mass is 439 g/mol. The van der Waals surface area contributed by atoms with Crippen molar-refractivity contribution in [2.24, 2.45) is 0 Å². The van der Waals surface area contributed by atoms with Crippen molar-refractivity contribution in [1.29, 1.82) is 0 Å². The Balaban J connectivity index is 3.52. The number of hydrogen-bond donors (Lipinski definition) is 0. The minimum atomic E-state index is -2.80. The van der Waals surface area contributed by atoms with Gasteiger partial charge in [-0.25, -0.2) is 0 Å². The Bertz CT molecular complexity index is 528. The van der Waals surface area contributed by atoms with Gasteiger partial charge in [-0.2, -0.15) is 0 Å². The van der Waals surface area contributed by atoms with Crippen LogP contribution < -0.4 is 0 Å². The normalized spacial score (nSPS) is 13.3. The zero-order valence-corrected chi connectivity index (χ0v) is 22.3. The maximum absolute atomic E-state index is 6.29. The van der Waals surface area contributed by atoms with Gasteiger partial charge in [0.2, 0.25) is 0 Å². The van der Waals surface area contributed by atoms with Crippen LogP contribution in [-0.4, -0.2) is 47.6 Å². The van der Waals surface area contributed by atoms with Gasteiger partial charge in [-0.05, 0) is 43.0 Å². The number of rotatable bonds is 14. The van der Waals surface area contributed by atoms with Gasteiger partial charge >= 0.3 is 8.80 Å². The van der Waals surface area contributed by atoms with Gasteiger partial charge in [-0.15, -0.1) is 0 Å². The van der Waals surface area contributed by atoms with E-state index in [2.05, 4.69) is 76.4 Å². The third-order valence-electron chi connectivity index (χ3n) is 6.02. The average Bonchev–Trinajstić information content (AvgIpc) is 2.62. The molecular formula is C23H45NO3Si2. The molecule has 0 fully saturated rings. The van der Waals surface area contributed by atoms with Crippen molar-refractivity contribution in [1.82, 2.24) is 4.57 Å². The second kappa shape index (κ2) is 12.4. The lowest BCUT2D eigenvalue weighted by Gasteiger charge is -2.52. The third-order valence-corrected chi connectivity index (χ3v) is 16.2. The first kappa shape index (κ1) is 26.5. The molecular weight excluding hydrogens is 394 g/mol. The fourth-order valence-corrected chi connectivity index (χ4v) is 16.1. The molecule has 0 bridgehead atoms. The van der Waals surface area contributed by atoms with Crippen LogP contribution in [0, 0.1) is 0 Å². The summed E-state index contributed by atoms with van der Waals surface area (Å²) in [6.45, 7) is 23.4. The Morgan fingerprint density at radius 3 is 1.48 bits per heavy atom. The summed E-state index contributed by atoms with van der Waals surface area (Å²) in [5.41, 5.74) is 3.19. The average molecular weight is 440 g/mol. The molecule has 1 aromatic rings. The van der Waals surface area contributed by atoms with Gasteiger partial charge in [0.25, 0.3) is 0 Å². The first-order chi connectivity index (χ1) is 13.7. The second-order valence-corrected chi connectivity index (χ2v) is 17.1. The van der Waals surface area contributed by atoms with Crippen molar-refractivity contribution in [3.63, 3.8) is 0 Å². The fourth-order valence-electron chi connectivity index (χ4n) is 5.38. The smallest absolute Gasteiger partial charge is 0.373 e. The Morgan fingerprint density at radius 2 is 1.14 bits per heavy atom. The molecule has 0 aromatic heterocycles. The highest BCUT2D eigenvalue weighted by Gasteiger charge is 2.53. The van der Waals surface area contributed by atoms with Crippen molar-refractivity contribution in [2.45, 2.75) is 85.5 Å². The molecule has 0 atom stereocenters. The lowest BCUT2D eigenvalue weighted by atomic mass is 10.2. The molecule has 0 N–H and O–H groups in total. The van der Waals surface area contributed by atoms with Crippen LogP contribution in [-0.2, 0) is 19.8 Å². The summed E-state index contributed by atoms with van der Waals surface area (Å²) in [6, 6.07) is 10.8. The first-order valence-electron chi connectivity index (χ1n) is 11.4. The van der Waals surface area contributed by atoms with Crippen LogP contribution in [0.3, 0.4) is 0 Å². The van der Waals surface area contributed by atoms with E-state index in [0.717, 1.165) is 12.7 Å². The fraction of sp³-hybridized carbons (Fsp3) is 0.739. The van der Waals surface area contributed by atoms with Crippen LogP contribution in [0.15, 0.2) is 30.3 Å². The molecule has 29 heavy (non-hydrogen) atoms. The van der Waals surface area contributed by atoms with Gasteiger partial charge < -0.3 is 17.8 Å². The molecule has 0 saturated heterocycles. The van der Waals surface area contributed by atoms with Gasteiger partial charge in [0.1, 0.15) is 8.24 Å². The van der Waals surface area contributed by atoms with E-state index in [1.807, 2.05) is 20.8 Å². The van der Waals surface area contributed by atoms with Crippen LogP contribution >= 0.6 is 0 Å². The SMILES string of the molecule is CCO[Si](CN(Cc1ccccc1)[Si](C(C)C)(C(C)C)C(C)C)(OCC)OCC. The predicted molar refractivity (Wildman–Crippen MR) is 129 cm³/mol. The van der Waals surface area contributed by atoms with E-state index in [0.29, 0.717) is 36.4 Å². The zero-order valence-electron chi connectivity index (χ0n) is 20.3. The van der Waals surface area contributed by atoms with Crippen LogP contribution in [0.4, 0.5) is 0 Å². The molecule has 0 spiro atoms. The summed E-state index contributed by atoms with van der Waals surface area (Å²) >= 11 is 0. The molecule has 4 nitrogen and oxygen atoms in total. The second-order valence-electron chi connectivity index (χ2n) is 8.68. The molecule has 0 unspecified atom stereocenters. The first-order valence-corrected chi connectivity index (χ1v) is 15.5. The quantitative estimate of drug-likeness (QED) is 0.320. The molecule has 1 rings (SSSR count). The molecule has 168 valence electrons. The summed E-state index contributed by atoms with van der Waals surface area (Å²) < 4.78 is 21.6. The molecule has 6 heteroatoms. The summed E-state index contributed by atoms with van der Waals surface area (Å²) in [5.74, 6) is 0. The summed E-state index contributed by atoms with van der Waals surface area (Å²) in [6.07, 6.45) is 0.762. The maximum Gasteiger partial charge on any atom is 0.515 e. The van der Waals surface area contributed by atoms with Crippen LogP contribution in [0.1, 0.15) is 67.9 Å². The molecule has 0 amide bonds. The standard InChI is InChI=1S/C23H45NO3Si2/c1-10-25-28(26-11-2,27-12-3)19-24(18-23-16-14-13-15-17-23)29(20(4)5,21(6)7)22(8)9/h13-17,20-22H,10-12,18-19H2,1-9H3. The Kier molecular flexibility index (Phi) is 11.3. The third kappa shape index (κ3) is 6.48. The van der Waals surface area contributed by atoms with Crippen LogP contribution in [0.5, 0.6) is 0 Å². The lowest BCUT2D eigenvalue weighted by molar-refractivity contribution is 0.0624. The largest absolute Gasteiger partial charge is 0.515 e. The van der Waals surface area contributed by atoms with E-state index >= 15 is 0 Å². The summed E-state index contributed by atoms with van der Waals surface area (Å²) in [4.78, 5) is 0. The number of hydrogen-bond acceptors (Lipinski definition) is 4. The molecule has 0 aliphatic heterocycles. The maximum atomic E-state index is 6.29. The minimum absolute atomic E-state index is 0.614. The zero-order chi connectivity index (χ0) is 22.1. The Hall–Kier alpha value is -0.506. The highest BCUT2D eigenvalue weighted by Crippen LogP contribution is 2.45. The van der Waals surface area contributed by atoms with E-state index < -0.39 is 17.0 Å². The Labute approximate surface area is 182 Å². The topological polar surface area (TPSA) is 30.9 Å². The van der Waals surface area contributed by atoms with Crippen LogP contribution in [0.25, 0.3) is 0 Å². The van der Waals surface area contributed by atoms with E-state index in [-0.39, 0.29) is 0 Å². The highest BCUT2D eigenvalue weighted by molar-refractivity contribution is 6.81. The van der Waals surface area contributed by atoms with Gasteiger partial charge in [0.15, 0.2) is 0 Å². The predicted octanol–water partition coefficient (Wildman–Crippen LogP) is 6.25. The van der Waals surface area contributed by atoms with E-state index in [1.165, 1.54) is 5.56 Å². The van der Waals surface area contributed by atoms with E-state index in [1.54, 1.807) is 0 Å². The molecule has 0 heterocycles. The van der Waals surface area contributed by atoms with Crippen molar-refractivity contribution in [3.05, 3.63) is 35.9 Å². The summed E-state index contributed by atoms with van der Waals surface area (Å²) in [5, 5.41) is 0. The minimum Gasteiger partial charge on any atom is -0.373 e. The van der Waals surface area contributed by atoms with Gasteiger partial charge in [-0.3, -0.25) is 0 Å². The van der Waals surface area contributed by atoms with Crippen molar-refractivity contribution < 1.29 is 13.3 Å². The van der Waals surface area contributed by atoms with Crippen molar-refractivity contribution in [3.8, 4) is 0 Å². The van der Waals surface area contributed by atoms with Gasteiger partial charge in [-0.1, -0.05) is 71.9 Å². The van der Waals surface area contributed by atoms with Crippen molar-refractivity contribution >= 4 is 17.0 Å². The highest BCUT2D eigenvalue weighted by atomic mass is 28.4. The molecule has 0 radical (unpaired) electrons. The van der Waals surface area contributed by atoms with Gasteiger partial charge in [0.05, 0.1) is 6.17 Å². The van der Waals surface area contributed by atoms with Gasteiger partial charge in [0, 0.05) is 26.4 Å². The van der Waals surface area contributed by atoms with E-state index in [9.17, 15) is 0 Å². The van der Waals surface area contributed by atoms with E-state index in [4.69, 9.17) is 13.3 Å². The molecule has 0 aliphatic carbocycles. The molecule has 0 aliphatic rings. The number of nitrogens with zero attached hydrogens (tertiary/aromatic N) is 1. The Morgan fingerprint density at radius 1 is 0.724 bits per heavy atom. The molecule has 1 aromatic carbocycles. The number of benzene rings is 1. The summed E-state index contributed by atoms with van der Waals surface area (Å²) in [7, 11) is -4.71. The lowest BCUT2D eigenvalue weighted by Crippen LogP contribution is -2.66. The van der Waals surface area contributed by atoms with Crippen molar-refractivity contribution in [2.75, 3.05) is 26.0 Å². The van der Waals surface area contributed by atoms with Crippen LogP contribution in [0.2, 0.25) is 16.6 Å².